The zero-order valence-corrected chi connectivity index (χ0v) is 12.5. The molecule has 1 N–H and O–H groups in total. The molecule has 1 heterocycles. The van der Waals surface area contributed by atoms with Crippen LogP contribution in [0.1, 0.15) is 51.3 Å². The molecule has 1 aliphatic rings. The Balaban J connectivity index is 2.27. The fourth-order valence-electron chi connectivity index (χ4n) is 2.25. The number of aromatic amines is 1. The Morgan fingerprint density at radius 2 is 2.12 bits per heavy atom. The summed E-state index contributed by atoms with van der Waals surface area (Å²) >= 11 is 7.32. The van der Waals surface area contributed by atoms with E-state index in [1.54, 1.807) is 0 Å². The van der Waals surface area contributed by atoms with E-state index in [9.17, 15) is 0 Å². The number of H-pyrrole nitrogens is 1. The number of aromatic nitrogens is 3. The Hall–Kier alpha value is -0.290. The van der Waals surface area contributed by atoms with Crippen LogP contribution in [0.25, 0.3) is 0 Å². The van der Waals surface area contributed by atoms with Crippen LogP contribution >= 0.6 is 24.0 Å². The first-order valence-corrected chi connectivity index (χ1v) is 7.99. The molecule has 5 heteroatoms. The van der Waals surface area contributed by atoms with E-state index < -0.39 is 0 Å². The number of nitrogens with one attached hydrogen (secondary N) is 1. The maximum Gasteiger partial charge on any atom is 0.195 e. The lowest BCUT2D eigenvalue weighted by Crippen LogP contribution is -2.29. The highest BCUT2D eigenvalue weighted by atomic mass is 32.2. The molecule has 96 valence electrons. The molecule has 3 nitrogen and oxygen atoms in total. The number of hydrogen-bond acceptors (Lipinski definition) is 3. The third kappa shape index (κ3) is 2.60. The van der Waals surface area contributed by atoms with Crippen molar-refractivity contribution in [2.24, 2.45) is 0 Å². The highest BCUT2D eigenvalue weighted by Crippen LogP contribution is 2.40. The average molecular weight is 271 g/mol. The van der Waals surface area contributed by atoms with Gasteiger partial charge in [-0.25, -0.2) is 0 Å². The molecule has 0 atom stereocenters. The standard InChI is InChI=1S/C12H21N3S2/c1-4-12(5-2,17-3)8-15-10(9-6-7-9)13-14-11(15)16/h9H,4-8H2,1-3H3,(H,14,16). The zero-order valence-electron chi connectivity index (χ0n) is 10.8. The topological polar surface area (TPSA) is 33.6 Å². The van der Waals surface area contributed by atoms with Crippen molar-refractivity contribution in [3.63, 3.8) is 0 Å². The second-order valence-electron chi connectivity index (χ2n) is 4.84. The van der Waals surface area contributed by atoms with Crippen LogP contribution in [0.5, 0.6) is 0 Å². The Kier molecular flexibility index (Phi) is 3.98. The van der Waals surface area contributed by atoms with E-state index in [2.05, 4.69) is 34.9 Å². The van der Waals surface area contributed by atoms with E-state index in [0.29, 0.717) is 10.7 Å². The van der Waals surface area contributed by atoms with Crippen LogP contribution in [-0.2, 0) is 6.54 Å². The molecule has 1 saturated carbocycles. The SMILES string of the molecule is CCC(CC)(Cn1c(C2CC2)n[nH]c1=S)SC. The predicted molar refractivity (Wildman–Crippen MR) is 76.2 cm³/mol. The molecule has 0 aliphatic heterocycles. The fraction of sp³-hybridized carbons (Fsp3) is 0.833. The average Bonchev–Trinajstić information content (AvgIpc) is 3.13. The number of rotatable bonds is 6. The molecule has 1 aromatic rings. The van der Waals surface area contributed by atoms with Gasteiger partial charge in [0, 0.05) is 17.2 Å². The fourth-order valence-corrected chi connectivity index (χ4v) is 3.29. The summed E-state index contributed by atoms with van der Waals surface area (Å²) in [4.78, 5) is 0. The molecule has 0 amide bonds. The van der Waals surface area contributed by atoms with Crippen LogP contribution < -0.4 is 0 Å². The van der Waals surface area contributed by atoms with Crippen molar-refractivity contribution in [1.82, 2.24) is 14.8 Å². The molecular weight excluding hydrogens is 250 g/mol. The van der Waals surface area contributed by atoms with Gasteiger partial charge in [0.05, 0.1) is 0 Å². The summed E-state index contributed by atoms with van der Waals surface area (Å²) in [6, 6.07) is 0. The Morgan fingerprint density at radius 1 is 1.47 bits per heavy atom. The van der Waals surface area contributed by atoms with Gasteiger partial charge in [0.2, 0.25) is 0 Å². The van der Waals surface area contributed by atoms with Crippen molar-refractivity contribution in [1.29, 1.82) is 0 Å². The summed E-state index contributed by atoms with van der Waals surface area (Å²) in [7, 11) is 0. The maximum atomic E-state index is 5.37. The summed E-state index contributed by atoms with van der Waals surface area (Å²) in [5.74, 6) is 1.83. The van der Waals surface area contributed by atoms with Gasteiger partial charge in [0.15, 0.2) is 4.77 Å². The van der Waals surface area contributed by atoms with Crippen LogP contribution in [-0.4, -0.2) is 25.8 Å². The van der Waals surface area contributed by atoms with E-state index in [1.807, 2.05) is 11.8 Å². The van der Waals surface area contributed by atoms with Crippen molar-refractivity contribution in [2.75, 3.05) is 6.26 Å². The minimum Gasteiger partial charge on any atom is -0.303 e. The van der Waals surface area contributed by atoms with Gasteiger partial charge in [-0.1, -0.05) is 13.8 Å². The summed E-state index contributed by atoms with van der Waals surface area (Å²) < 4.78 is 3.31. The Morgan fingerprint density at radius 3 is 2.59 bits per heavy atom. The molecular formula is C12H21N3S2. The minimum atomic E-state index is 0.297. The lowest BCUT2D eigenvalue weighted by Gasteiger charge is -2.30. The first-order chi connectivity index (χ1) is 8.15. The molecule has 0 spiro atoms. The van der Waals surface area contributed by atoms with Crippen LogP contribution in [0.3, 0.4) is 0 Å². The van der Waals surface area contributed by atoms with Gasteiger partial charge in [-0.2, -0.15) is 16.9 Å². The lowest BCUT2D eigenvalue weighted by molar-refractivity contribution is 0.453. The van der Waals surface area contributed by atoms with E-state index in [-0.39, 0.29) is 0 Å². The molecule has 1 aromatic heterocycles. The molecule has 0 aromatic carbocycles. The third-order valence-corrected chi connectivity index (χ3v) is 5.78. The molecule has 1 fully saturated rings. The van der Waals surface area contributed by atoms with Gasteiger partial charge in [0.25, 0.3) is 0 Å². The minimum absolute atomic E-state index is 0.297. The molecule has 0 saturated heterocycles. The smallest absolute Gasteiger partial charge is 0.195 e. The molecule has 1 aliphatic carbocycles. The van der Waals surface area contributed by atoms with Crippen LogP contribution in [0.15, 0.2) is 0 Å². The predicted octanol–water partition coefficient (Wildman–Crippen LogP) is 3.74. The quantitative estimate of drug-likeness (QED) is 0.800. The summed E-state index contributed by atoms with van der Waals surface area (Å²) in [6.07, 6.45) is 7.07. The normalized spacial score (nSPS) is 16.4. The van der Waals surface area contributed by atoms with Gasteiger partial charge in [-0.15, -0.1) is 0 Å². The molecule has 0 unspecified atom stereocenters. The van der Waals surface area contributed by atoms with Crippen molar-refractivity contribution in [2.45, 2.75) is 56.7 Å². The molecule has 17 heavy (non-hydrogen) atoms. The third-order valence-electron chi connectivity index (χ3n) is 3.90. The van der Waals surface area contributed by atoms with Crippen molar-refractivity contribution in [3.05, 3.63) is 10.6 Å². The van der Waals surface area contributed by atoms with Crippen LogP contribution in [0.4, 0.5) is 0 Å². The second kappa shape index (κ2) is 5.14. The molecule has 2 rings (SSSR count). The van der Waals surface area contributed by atoms with Crippen molar-refractivity contribution >= 4 is 24.0 Å². The monoisotopic (exact) mass is 271 g/mol. The van der Waals surface area contributed by atoms with E-state index >= 15 is 0 Å². The van der Waals surface area contributed by atoms with Crippen molar-refractivity contribution in [3.8, 4) is 0 Å². The van der Waals surface area contributed by atoms with E-state index in [1.165, 1.54) is 31.5 Å². The Bertz CT molecular complexity index is 419. The van der Waals surface area contributed by atoms with E-state index in [0.717, 1.165) is 11.3 Å². The summed E-state index contributed by atoms with van der Waals surface area (Å²) in [5.41, 5.74) is 0. The summed E-state index contributed by atoms with van der Waals surface area (Å²) in [5, 5.41) is 7.36. The highest BCUT2D eigenvalue weighted by molar-refractivity contribution is 8.00. The highest BCUT2D eigenvalue weighted by Gasteiger charge is 2.32. The van der Waals surface area contributed by atoms with Crippen LogP contribution in [0, 0.1) is 4.77 Å². The number of nitrogens with zero attached hydrogens (tertiary/aromatic N) is 2. The van der Waals surface area contributed by atoms with Gasteiger partial charge < -0.3 is 4.57 Å². The zero-order chi connectivity index (χ0) is 12.5. The largest absolute Gasteiger partial charge is 0.303 e. The molecule has 0 bridgehead atoms. The Labute approximate surface area is 112 Å². The summed E-state index contributed by atoms with van der Waals surface area (Å²) in [6.45, 7) is 5.52. The van der Waals surface area contributed by atoms with Crippen molar-refractivity contribution < 1.29 is 0 Å². The lowest BCUT2D eigenvalue weighted by atomic mass is 10.0. The maximum absolute atomic E-state index is 5.37. The van der Waals surface area contributed by atoms with Crippen LogP contribution in [0.2, 0.25) is 0 Å². The molecule has 0 radical (unpaired) electrons. The first kappa shape index (κ1) is 13.1. The number of hydrogen-bond donors (Lipinski definition) is 1. The number of thioether (sulfide) groups is 1. The van der Waals surface area contributed by atoms with Gasteiger partial charge in [-0.3, -0.25) is 5.10 Å². The second-order valence-corrected chi connectivity index (χ2v) is 6.50. The van der Waals surface area contributed by atoms with Gasteiger partial charge in [-0.05, 0) is 44.2 Å². The van der Waals surface area contributed by atoms with Gasteiger partial charge in [0.1, 0.15) is 5.82 Å². The first-order valence-electron chi connectivity index (χ1n) is 6.36. The van der Waals surface area contributed by atoms with E-state index in [4.69, 9.17) is 12.2 Å². The van der Waals surface area contributed by atoms with Gasteiger partial charge >= 0.3 is 0 Å².